The number of carbonyl (C=O) groups is 1. The number of rotatable bonds is 8. The molecule has 0 bridgehead atoms. The van der Waals surface area contributed by atoms with Gasteiger partial charge < -0.3 is 14.9 Å². The predicted molar refractivity (Wildman–Crippen MR) is 189 cm³/mol. The van der Waals surface area contributed by atoms with Gasteiger partial charge in [0.25, 0.3) is 0 Å². The molecule has 11 heteroatoms. The summed E-state index contributed by atoms with van der Waals surface area (Å²) < 4.78 is 47.3. The highest BCUT2D eigenvalue weighted by molar-refractivity contribution is 7.13. The van der Waals surface area contributed by atoms with Crippen molar-refractivity contribution in [3.8, 4) is 33.1 Å². The summed E-state index contributed by atoms with van der Waals surface area (Å²) in [4.78, 5) is 25.8. The fraction of sp³-hybridized carbons (Fsp3) is 0.256. The summed E-state index contributed by atoms with van der Waals surface area (Å²) in [5.41, 5.74) is 7.20. The molecule has 0 unspecified atom stereocenters. The van der Waals surface area contributed by atoms with Gasteiger partial charge in [0.05, 0.1) is 35.3 Å². The van der Waals surface area contributed by atoms with Gasteiger partial charge in [0.15, 0.2) is 0 Å². The van der Waals surface area contributed by atoms with E-state index in [1.165, 1.54) is 23.5 Å². The highest BCUT2D eigenvalue weighted by Gasteiger charge is 2.33. The van der Waals surface area contributed by atoms with Crippen LogP contribution in [-0.2, 0) is 17.6 Å². The summed E-state index contributed by atoms with van der Waals surface area (Å²) in [5.74, 6) is -1.22. The first-order chi connectivity index (χ1) is 24.2. The first-order valence-electron chi connectivity index (χ1n) is 16.7. The summed E-state index contributed by atoms with van der Waals surface area (Å²) in [5, 5.41) is 12.1. The number of fused-ring (bicyclic) bond motifs is 1. The second kappa shape index (κ2) is 12.7. The van der Waals surface area contributed by atoms with Crippen molar-refractivity contribution < 1.29 is 23.1 Å². The minimum absolute atomic E-state index is 0.0272. The maximum atomic E-state index is 16.4. The molecule has 2 fully saturated rings. The molecule has 3 aromatic heterocycles. The van der Waals surface area contributed by atoms with Crippen molar-refractivity contribution in [2.45, 2.75) is 38.7 Å². The highest BCUT2D eigenvalue weighted by Crippen LogP contribution is 2.39. The number of pyridine rings is 1. The fourth-order valence-corrected chi connectivity index (χ4v) is 7.83. The van der Waals surface area contributed by atoms with E-state index in [4.69, 9.17) is 9.97 Å². The van der Waals surface area contributed by atoms with Crippen LogP contribution >= 0.6 is 11.3 Å². The largest absolute Gasteiger partial charge is 0.389 e. The van der Waals surface area contributed by atoms with E-state index in [1.807, 2.05) is 41.1 Å². The Bertz CT molecular complexity index is 2250. The SMILES string of the molecule is CCc1nc2ccc(N3CC(c4cccc(CC(=O)N5CC(O)C5)c4F)C3)cn2c1-c1ccc(-c2nc(-c3ccc(F)cc3)cs2)c(C)c1F. The average Bonchev–Trinajstić information content (AvgIpc) is 3.71. The zero-order valence-corrected chi connectivity index (χ0v) is 28.4. The molecule has 1 amide bonds. The summed E-state index contributed by atoms with van der Waals surface area (Å²) in [6.07, 6.45) is 2.06. The van der Waals surface area contributed by atoms with Crippen LogP contribution < -0.4 is 4.90 Å². The number of aryl methyl sites for hydroxylation is 1. The zero-order chi connectivity index (χ0) is 34.7. The third kappa shape index (κ3) is 5.64. The maximum absolute atomic E-state index is 16.4. The van der Waals surface area contributed by atoms with Crippen LogP contribution in [0.15, 0.2) is 78.3 Å². The lowest BCUT2D eigenvalue weighted by Gasteiger charge is -2.41. The molecule has 0 atom stereocenters. The molecule has 5 heterocycles. The van der Waals surface area contributed by atoms with Crippen LogP contribution in [0.25, 0.3) is 38.7 Å². The quantitative estimate of drug-likeness (QED) is 0.180. The van der Waals surface area contributed by atoms with Gasteiger partial charge in [-0.2, -0.15) is 0 Å². The van der Waals surface area contributed by atoms with Crippen LogP contribution in [0.4, 0.5) is 18.9 Å². The molecule has 8 rings (SSSR count). The number of benzene rings is 3. The Labute approximate surface area is 291 Å². The molecule has 0 aliphatic carbocycles. The molecule has 50 heavy (non-hydrogen) atoms. The number of hydrogen-bond donors (Lipinski definition) is 1. The van der Waals surface area contributed by atoms with Crippen molar-refractivity contribution in [1.82, 2.24) is 19.3 Å². The van der Waals surface area contributed by atoms with E-state index in [9.17, 15) is 14.3 Å². The molecule has 254 valence electrons. The van der Waals surface area contributed by atoms with Crippen molar-refractivity contribution in [2.24, 2.45) is 0 Å². The molecule has 2 aliphatic rings. The average molecular weight is 694 g/mol. The Balaban J connectivity index is 1.04. The van der Waals surface area contributed by atoms with Gasteiger partial charge in [-0.05, 0) is 72.5 Å². The Morgan fingerprint density at radius 2 is 1.68 bits per heavy atom. The Morgan fingerprint density at radius 3 is 2.42 bits per heavy atom. The number of halogens is 3. The second-order valence-electron chi connectivity index (χ2n) is 13.1. The number of amides is 1. The number of aromatic nitrogens is 3. The molecule has 7 nitrogen and oxygen atoms in total. The number of β-amino-alcohol motifs (C(OH)–C–C–N with tert-alkyl or cyclic N) is 1. The number of anilines is 1. The van der Waals surface area contributed by atoms with Gasteiger partial charge in [-0.15, -0.1) is 11.3 Å². The van der Waals surface area contributed by atoms with Crippen LogP contribution in [0.2, 0.25) is 0 Å². The summed E-state index contributed by atoms with van der Waals surface area (Å²) >= 11 is 1.42. The molecular formula is C39H34F3N5O2S. The molecule has 0 spiro atoms. The first kappa shape index (κ1) is 32.2. The molecule has 6 aromatic rings. The maximum Gasteiger partial charge on any atom is 0.227 e. The normalized spacial score (nSPS) is 15.1. The van der Waals surface area contributed by atoms with Crippen LogP contribution in [0.5, 0.6) is 0 Å². The molecular weight excluding hydrogens is 660 g/mol. The van der Waals surface area contributed by atoms with Crippen molar-refractivity contribution in [3.05, 3.63) is 118 Å². The van der Waals surface area contributed by atoms with Gasteiger partial charge in [0.1, 0.15) is 28.1 Å². The van der Waals surface area contributed by atoms with Gasteiger partial charge in [-0.1, -0.05) is 31.2 Å². The van der Waals surface area contributed by atoms with E-state index in [2.05, 4.69) is 4.90 Å². The number of likely N-dealkylation sites (tertiary alicyclic amines) is 1. The molecule has 1 N–H and O–H groups in total. The molecule has 0 radical (unpaired) electrons. The monoisotopic (exact) mass is 693 g/mol. The number of thiazole rings is 1. The molecule has 0 saturated carbocycles. The summed E-state index contributed by atoms with van der Waals surface area (Å²) in [7, 11) is 0. The molecule has 3 aromatic carbocycles. The fourth-order valence-electron chi connectivity index (χ4n) is 6.92. The van der Waals surface area contributed by atoms with Gasteiger partial charge in [-0.3, -0.25) is 9.20 Å². The number of nitrogens with zero attached hydrogens (tertiary/aromatic N) is 5. The van der Waals surface area contributed by atoms with Crippen molar-refractivity contribution in [1.29, 1.82) is 0 Å². The number of carbonyl (C=O) groups excluding carboxylic acids is 1. The molecule has 2 aliphatic heterocycles. The smallest absolute Gasteiger partial charge is 0.227 e. The highest BCUT2D eigenvalue weighted by atomic mass is 32.1. The number of hydrogen-bond acceptors (Lipinski definition) is 6. The summed E-state index contributed by atoms with van der Waals surface area (Å²) in [6, 6.07) is 19.0. The standard InChI is InChI=1S/C39H34F3N5O2S/c1-3-32-38(31-13-12-29(22(2)36(31)41)39-44-33(21-50-39)23-7-9-26(40)10-8-23)47-18-27(11-14-34(47)43-32)45-16-25(17-45)30-6-4-5-24(37(30)42)15-35(49)46-19-28(48)20-46/h4-14,18,21,25,28,48H,3,15-17,19-20H2,1-2H3. The predicted octanol–water partition coefficient (Wildman–Crippen LogP) is 7.43. The Kier molecular flexibility index (Phi) is 8.19. The van der Waals surface area contributed by atoms with Gasteiger partial charge in [0, 0.05) is 60.4 Å². The number of aliphatic hydroxyl groups is 1. The third-order valence-corrected chi connectivity index (χ3v) is 10.8. The number of aliphatic hydroxyl groups excluding tert-OH is 1. The zero-order valence-electron chi connectivity index (χ0n) is 27.5. The second-order valence-corrected chi connectivity index (χ2v) is 13.9. The van der Waals surface area contributed by atoms with Gasteiger partial charge in [-0.25, -0.2) is 23.1 Å². The van der Waals surface area contributed by atoms with Crippen molar-refractivity contribution in [2.75, 3.05) is 31.1 Å². The Hall–Kier alpha value is -5.00. The topological polar surface area (TPSA) is 74.0 Å². The van der Waals surface area contributed by atoms with E-state index in [0.717, 1.165) is 16.9 Å². The summed E-state index contributed by atoms with van der Waals surface area (Å²) in [6.45, 7) is 5.54. The lowest BCUT2D eigenvalue weighted by Crippen LogP contribution is -2.54. The van der Waals surface area contributed by atoms with Gasteiger partial charge in [0.2, 0.25) is 5.91 Å². The van der Waals surface area contributed by atoms with E-state index >= 15 is 8.78 Å². The first-order valence-corrected chi connectivity index (χ1v) is 17.6. The van der Waals surface area contributed by atoms with Crippen LogP contribution in [0, 0.1) is 24.4 Å². The van der Waals surface area contributed by atoms with Gasteiger partial charge >= 0.3 is 0 Å². The lowest BCUT2D eigenvalue weighted by atomic mass is 9.89. The van der Waals surface area contributed by atoms with Crippen LogP contribution in [0.3, 0.4) is 0 Å². The third-order valence-electron chi connectivity index (χ3n) is 9.88. The van der Waals surface area contributed by atoms with E-state index in [0.29, 0.717) is 82.5 Å². The van der Waals surface area contributed by atoms with Crippen LogP contribution in [-0.4, -0.2) is 62.6 Å². The molecule has 2 saturated heterocycles. The van der Waals surface area contributed by atoms with E-state index < -0.39 is 6.10 Å². The van der Waals surface area contributed by atoms with E-state index in [1.54, 1.807) is 48.2 Å². The number of imidazole rings is 1. The van der Waals surface area contributed by atoms with Crippen molar-refractivity contribution in [3.63, 3.8) is 0 Å². The minimum Gasteiger partial charge on any atom is -0.389 e. The van der Waals surface area contributed by atoms with E-state index in [-0.39, 0.29) is 35.7 Å². The Morgan fingerprint density at radius 1 is 0.920 bits per heavy atom. The van der Waals surface area contributed by atoms with Crippen molar-refractivity contribution >= 4 is 28.6 Å². The van der Waals surface area contributed by atoms with Crippen LogP contribution in [0.1, 0.15) is 35.2 Å². The minimum atomic E-state index is -0.496. The lowest BCUT2D eigenvalue weighted by molar-refractivity contribution is -0.140.